The lowest BCUT2D eigenvalue weighted by Crippen LogP contribution is -2.01. The van der Waals surface area contributed by atoms with Crippen molar-refractivity contribution in [3.05, 3.63) is 77.1 Å². The number of aliphatic imine (C=N–C) groups is 1. The number of hydrogen-bond donors (Lipinski definition) is 0. The smallest absolute Gasteiger partial charge is 0.0986 e. The highest BCUT2D eigenvalue weighted by molar-refractivity contribution is 6.35. The molecule has 114 valence electrons. The number of aromatic nitrogens is 2. The van der Waals surface area contributed by atoms with E-state index in [1.54, 1.807) is 6.20 Å². The van der Waals surface area contributed by atoms with Gasteiger partial charge in [0, 0.05) is 40.2 Å². The fraction of sp³-hybridized carbons (Fsp3) is 0.0500. The lowest BCUT2D eigenvalue weighted by molar-refractivity contribution is 1.35. The van der Waals surface area contributed by atoms with E-state index in [0.717, 1.165) is 50.2 Å². The Balaban J connectivity index is 1.85. The van der Waals surface area contributed by atoms with Crippen molar-refractivity contribution in [2.24, 2.45) is 4.99 Å². The Kier molecular flexibility index (Phi) is 2.91. The summed E-state index contributed by atoms with van der Waals surface area (Å²) in [5.74, 6) is 0. The number of hydrogen-bond acceptors (Lipinski definition) is 3. The van der Waals surface area contributed by atoms with Crippen LogP contribution < -0.4 is 0 Å². The first-order chi connectivity index (χ1) is 11.8. The molecule has 3 nitrogen and oxygen atoms in total. The summed E-state index contributed by atoms with van der Waals surface area (Å²) in [7, 11) is 0. The van der Waals surface area contributed by atoms with Gasteiger partial charge in [-0.2, -0.15) is 0 Å². The zero-order chi connectivity index (χ0) is 16.1. The van der Waals surface area contributed by atoms with Gasteiger partial charge in [-0.15, -0.1) is 0 Å². The van der Waals surface area contributed by atoms with Crippen LogP contribution in [0.4, 0.5) is 5.69 Å². The van der Waals surface area contributed by atoms with Crippen LogP contribution in [0.25, 0.3) is 21.8 Å². The van der Waals surface area contributed by atoms with E-state index in [-0.39, 0.29) is 0 Å². The maximum Gasteiger partial charge on any atom is 0.0986 e. The van der Waals surface area contributed by atoms with Crippen molar-refractivity contribution in [1.82, 2.24) is 9.97 Å². The molecule has 0 fully saturated rings. The minimum absolute atomic E-state index is 0.730. The third-order valence-corrected chi connectivity index (χ3v) is 4.81. The maximum absolute atomic E-state index is 6.38. The monoisotopic (exact) mass is 329 g/mol. The van der Waals surface area contributed by atoms with Gasteiger partial charge in [0.2, 0.25) is 0 Å². The second-order valence-electron chi connectivity index (χ2n) is 5.84. The Morgan fingerprint density at radius 3 is 2.29 bits per heavy atom. The van der Waals surface area contributed by atoms with Gasteiger partial charge >= 0.3 is 0 Å². The maximum atomic E-state index is 6.38. The first kappa shape index (κ1) is 13.6. The van der Waals surface area contributed by atoms with Crippen molar-refractivity contribution < 1.29 is 0 Å². The summed E-state index contributed by atoms with van der Waals surface area (Å²) in [4.78, 5) is 14.0. The number of nitrogens with zero attached hydrogens (tertiary/aromatic N) is 3. The molecule has 0 saturated carbocycles. The lowest BCUT2D eigenvalue weighted by Gasteiger charge is -2.08. The number of fused-ring (bicyclic) bond motifs is 6. The SMILES string of the molecule is Clc1ccccc1C1=Nc2c(c3cccnc3c3ncccc23)C1. The van der Waals surface area contributed by atoms with Crippen molar-refractivity contribution in [1.29, 1.82) is 0 Å². The molecule has 4 aromatic rings. The molecule has 0 amide bonds. The Labute approximate surface area is 143 Å². The van der Waals surface area contributed by atoms with Crippen LogP contribution in [0.3, 0.4) is 0 Å². The predicted molar refractivity (Wildman–Crippen MR) is 98.4 cm³/mol. The first-order valence-electron chi connectivity index (χ1n) is 7.79. The van der Waals surface area contributed by atoms with E-state index in [1.165, 1.54) is 5.56 Å². The van der Waals surface area contributed by atoms with Gasteiger partial charge in [0.1, 0.15) is 0 Å². The second kappa shape index (κ2) is 5.11. The van der Waals surface area contributed by atoms with Crippen molar-refractivity contribution in [2.45, 2.75) is 6.42 Å². The van der Waals surface area contributed by atoms with Crippen LogP contribution in [0.1, 0.15) is 11.1 Å². The quantitative estimate of drug-likeness (QED) is 0.455. The Morgan fingerprint density at radius 1 is 0.792 bits per heavy atom. The molecule has 2 aromatic heterocycles. The van der Waals surface area contributed by atoms with Crippen LogP contribution in [0, 0.1) is 0 Å². The summed E-state index contributed by atoms with van der Waals surface area (Å²) in [6, 6.07) is 15.9. The number of pyridine rings is 2. The van der Waals surface area contributed by atoms with Crippen LogP contribution in [0.2, 0.25) is 5.02 Å². The topological polar surface area (TPSA) is 38.1 Å². The van der Waals surface area contributed by atoms with Gasteiger partial charge in [-0.3, -0.25) is 15.0 Å². The van der Waals surface area contributed by atoms with Crippen molar-refractivity contribution >= 4 is 44.8 Å². The molecular weight excluding hydrogens is 318 g/mol. The molecular formula is C20H12ClN3. The van der Waals surface area contributed by atoms with Crippen molar-refractivity contribution in [3.63, 3.8) is 0 Å². The van der Waals surface area contributed by atoms with Gasteiger partial charge < -0.3 is 0 Å². The summed E-state index contributed by atoms with van der Waals surface area (Å²) < 4.78 is 0. The molecule has 0 aliphatic carbocycles. The first-order valence-corrected chi connectivity index (χ1v) is 8.17. The third-order valence-electron chi connectivity index (χ3n) is 4.48. The van der Waals surface area contributed by atoms with E-state index in [9.17, 15) is 0 Å². The molecule has 0 radical (unpaired) electrons. The predicted octanol–water partition coefficient (Wildman–Crippen LogP) is 5.11. The summed E-state index contributed by atoms with van der Waals surface area (Å²) in [5, 5.41) is 2.89. The van der Waals surface area contributed by atoms with Gasteiger partial charge in [0.15, 0.2) is 0 Å². The molecule has 1 aliphatic heterocycles. The molecule has 5 rings (SSSR count). The molecule has 0 unspecified atom stereocenters. The summed E-state index contributed by atoms with van der Waals surface area (Å²) in [6.07, 6.45) is 4.37. The standard InChI is InChI=1S/C20H12ClN3/c21-16-8-2-1-5-13(16)17-11-15-12-6-3-9-22-19(12)20-14(18(15)24-17)7-4-10-23-20/h1-10H,11H2. The highest BCUT2D eigenvalue weighted by atomic mass is 35.5. The zero-order valence-electron chi connectivity index (χ0n) is 12.7. The molecule has 0 bridgehead atoms. The summed E-state index contributed by atoms with van der Waals surface area (Å²) in [5.41, 5.74) is 6.02. The highest BCUT2D eigenvalue weighted by Crippen LogP contribution is 2.41. The second-order valence-corrected chi connectivity index (χ2v) is 6.25. The van der Waals surface area contributed by atoms with E-state index in [1.807, 2.05) is 42.6 Å². The van der Waals surface area contributed by atoms with E-state index >= 15 is 0 Å². The number of rotatable bonds is 1. The molecule has 4 heteroatoms. The fourth-order valence-corrected chi connectivity index (χ4v) is 3.66. The minimum atomic E-state index is 0.730. The highest BCUT2D eigenvalue weighted by Gasteiger charge is 2.23. The van der Waals surface area contributed by atoms with Gasteiger partial charge in [-0.1, -0.05) is 35.9 Å². The lowest BCUT2D eigenvalue weighted by atomic mass is 9.98. The van der Waals surface area contributed by atoms with Gasteiger partial charge in [0.05, 0.1) is 22.4 Å². The molecule has 2 aromatic carbocycles. The fourth-order valence-electron chi connectivity index (χ4n) is 3.41. The van der Waals surface area contributed by atoms with E-state index < -0.39 is 0 Å². The molecule has 3 heterocycles. The van der Waals surface area contributed by atoms with Gasteiger partial charge in [0.25, 0.3) is 0 Å². The zero-order valence-corrected chi connectivity index (χ0v) is 13.5. The molecule has 0 saturated heterocycles. The van der Waals surface area contributed by atoms with Crippen LogP contribution in [0.15, 0.2) is 65.9 Å². The Bertz CT molecular complexity index is 1150. The summed E-state index contributed by atoms with van der Waals surface area (Å²) in [6.45, 7) is 0. The molecule has 0 atom stereocenters. The molecule has 1 aliphatic rings. The summed E-state index contributed by atoms with van der Waals surface area (Å²) >= 11 is 6.38. The van der Waals surface area contributed by atoms with Crippen LogP contribution in [-0.2, 0) is 6.42 Å². The van der Waals surface area contributed by atoms with E-state index in [0.29, 0.717) is 0 Å². The van der Waals surface area contributed by atoms with Crippen LogP contribution in [-0.4, -0.2) is 15.7 Å². The number of halogens is 1. The van der Waals surface area contributed by atoms with Gasteiger partial charge in [-0.05, 0) is 29.8 Å². The Morgan fingerprint density at radius 2 is 1.50 bits per heavy atom. The number of benzene rings is 2. The molecule has 0 N–H and O–H groups in total. The largest absolute Gasteiger partial charge is 0.254 e. The average Bonchev–Trinajstić information content (AvgIpc) is 3.08. The molecule has 24 heavy (non-hydrogen) atoms. The van der Waals surface area contributed by atoms with Crippen LogP contribution >= 0.6 is 11.6 Å². The van der Waals surface area contributed by atoms with Crippen molar-refractivity contribution in [2.75, 3.05) is 0 Å². The van der Waals surface area contributed by atoms with Gasteiger partial charge in [-0.25, -0.2) is 0 Å². The minimum Gasteiger partial charge on any atom is -0.254 e. The third kappa shape index (κ3) is 1.88. The van der Waals surface area contributed by atoms with E-state index in [2.05, 4.69) is 22.1 Å². The van der Waals surface area contributed by atoms with Crippen LogP contribution in [0.5, 0.6) is 0 Å². The van der Waals surface area contributed by atoms with Crippen molar-refractivity contribution in [3.8, 4) is 0 Å². The normalized spacial score (nSPS) is 13.3. The van der Waals surface area contributed by atoms with E-state index in [4.69, 9.17) is 16.6 Å². The Hall–Kier alpha value is -2.78. The average molecular weight is 330 g/mol. The molecule has 0 spiro atoms.